The molecule has 140 valence electrons. The van der Waals surface area contributed by atoms with E-state index in [0.29, 0.717) is 12.0 Å². The average Bonchev–Trinajstić information content (AvgIpc) is 3.10. The Labute approximate surface area is 163 Å². The van der Waals surface area contributed by atoms with E-state index in [4.69, 9.17) is 21.3 Å². The quantitative estimate of drug-likeness (QED) is 0.734. The van der Waals surface area contributed by atoms with E-state index < -0.39 is 0 Å². The van der Waals surface area contributed by atoms with Gasteiger partial charge in [0.1, 0.15) is 6.61 Å². The zero-order chi connectivity index (χ0) is 17.9. The molecule has 4 rings (SSSR count). The van der Waals surface area contributed by atoms with Crippen molar-refractivity contribution in [2.45, 2.75) is 57.0 Å². The second-order valence-corrected chi connectivity index (χ2v) is 8.89. The fourth-order valence-electron chi connectivity index (χ4n) is 3.98. The summed E-state index contributed by atoms with van der Waals surface area (Å²) in [4.78, 5) is 19.2. The highest BCUT2D eigenvalue weighted by atomic mass is 35.5. The minimum atomic E-state index is 0.144. The summed E-state index contributed by atoms with van der Waals surface area (Å²) in [6.45, 7) is 1.84. The predicted octanol–water partition coefficient (Wildman–Crippen LogP) is 5.01. The van der Waals surface area contributed by atoms with Crippen LogP contribution in [0.15, 0.2) is 18.2 Å². The Morgan fingerprint density at radius 1 is 1.19 bits per heavy atom. The van der Waals surface area contributed by atoms with E-state index in [-0.39, 0.29) is 12.5 Å². The van der Waals surface area contributed by atoms with Gasteiger partial charge in [-0.05, 0) is 43.9 Å². The summed E-state index contributed by atoms with van der Waals surface area (Å²) in [6.07, 6.45) is 8.23. The average molecular weight is 393 g/mol. The molecule has 4 nitrogen and oxygen atoms in total. The van der Waals surface area contributed by atoms with Crippen LogP contribution in [0.2, 0.25) is 5.02 Å². The van der Waals surface area contributed by atoms with E-state index in [9.17, 15) is 4.79 Å². The van der Waals surface area contributed by atoms with E-state index in [1.807, 2.05) is 23.1 Å². The third-order valence-electron chi connectivity index (χ3n) is 5.56. The number of likely N-dealkylation sites (tertiary alicyclic amines) is 1. The summed E-state index contributed by atoms with van der Waals surface area (Å²) in [6, 6.07) is 5.89. The van der Waals surface area contributed by atoms with Gasteiger partial charge in [-0.2, -0.15) is 0 Å². The summed E-state index contributed by atoms with van der Waals surface area (Å²) in [5, 5.41) is 1.90. The molecule has 2 heterocycles. The predicted molar refractivity (Wildman–Crippen MR) is 106 cm³/mol. The number of ether oxygens (including phenoxy) is 1. The summed E-state index contributed by atoms with van der Waals surface area (Å²) < 4.78 is 7.03. The number of thiazole rings is 1. The number of carbonyl (C=O) groups excluding carboxylic acids is 1. The van der Waals surface area contributed by atoms with Crippen LogP contribution in [0.3, 0.4) is 0 Å². The van der Waals surface area contributed by atoms with Crippen molar-refractivity contribution in [3.05, 3.63) is 28.2 Å². The van der Waals surface area contributed by atoms with Crippen LogP contribution in [0.25, 0.3) is 10.2 Å². The molecule has 2 aromatic rings. The number of hydrogen-bond donors (Lipinski definition) is 0. The van der Waals surface area contributed by atoms with Crippen molar-refractivity contribution in [3.8, 4) is 0 Å². The number of amides is 1. The topological polar surface area (TPSA) is 42.4 Å². The maximum absolute atomic E-state index is 12.4. The van der Waals surface area contributed by atoms with Gasteiger partial charge in [-0.25, -0.2) is 4.98 Å². The molecule has 2 fully saturated rings. The Morgan fingerprint density at radius 3 is 2.73 bits per heavy atom. The number of aromatic nitrogens is 1. The van der Waals surface area contributed by atoms with Gasteiger partial charge in [0.2, 0.25) is 5.91 Å². The molecule has 0 atom stereocenters. The van der Waals surface area contributed by atoms with Crippen LogP contribution in [0, 0.1) is 0 Å². The molecule has 0 radical (unpaired) electrons. The summed E-state index contributed by atoms with van der Waals surface area (Å²) in [7, 11) is 0. The molecule has 1 aliphatic heterocycles. The van der Waals surface area contributed by atoms with Crippen molar-refractivity contribution in [2.24, 2.45) is 0 Å². The molecule has 1 aromatic carbocycles. The van der Waals surface area contributed by atoms with Gasteiger partial charge in [-0.3, -0.25) is 4.79 Å². The second-order valence-electron chi connectivity index (χ2n) is 7.39. The second kappa shape index (κ2) is 8.24. The van der Waals surface area contributed by atoms with Gasteiger partial charge in [0.15, 0.2) is 0 Å². The molecule has 6 heteroatoms. The molecule has 26 heavy (non-hydrogen) atoms. The van der Waals surface area contributed by atoms with Crippen LogP contribution >= 0.6 is 22.9 Å². The van der Waals surface area contributed by atoms with Gasteiger partial charge < -0.3 is 9.64 Å². The lowest BCUT2D eigenvalue weighted by atomic mass is 9.97. The number of fused-ring (bicyclic) bond motifs is 1. The van der Waals surface area contributed by atoms with Crippen LogP contribution in [0.5, 0.6) is 0 Å². The van der Waals surface area contributed by atoms with Gasteiger partial charge in [-0.1, -0.05) is 30.9 Å². The van der Waals surface area contributed by atoms with Crippen molar-refractivity contribution in [2.75, 3.05) is 19.7 Å². The maximum atomic E-state index is 12.4. The normalized spacial score (nSPS) is 20.0. The lowest BCUT2D eigenvalue weighted by molar-refractivity contribution is -0.139. The first-order valence-electron chi connectivity index (χ1n) is 9.64. The molecule has 1 aromatic heterocycles. The van der Waals surface area contributed by atoms with Crippen molar-refractivity contribution >= 4 is 39.1 Å². The smallest absolute Gasteiger partial charge is 0.248 e. The molecular formula is C20H25ClN2O2S. The third kappa shape index (κ3) is 4.21. The van der Waals surface area contributed by atoms with Crippen molar-refractivity contribution in [1.82, 2.24) is 9.88 Å². The Hall–Kier alpha value is -1.17. The van der Waals surface area contributed by atoms with Crippen molar-refractivity contribution in [1.29, 1.82) is 0 Å². The van der Waals surface area contributed by atoms with E-state index in [1.165, 1.54) is 29.0 Å². The van der Waals surface area contributed by atoms with E-state index in [2.05, 4.69) is 0 Å². The minimum Gasteiger partial charge on any atom is -0.368 e. The molecule has 0 unspecified atom stereocenters. The number of hydrogen-bond acceptors (Lipinski definition) is 4. The number of carbonyl (C=O) groups is 1. The summed E-state index contributed by atoms with van der Waals surface area (Å²) in [5.41, 5.74) is 0.983. The molecule has 1 aliphatic carbocycles. The lowest BCUT2D eigenvalue weighted by Crippen LogP contribution is -2.40. The molecule has 1 saturated heterocycles. The SMILES string of the molecule is O=C(COC1CCCCC1)N1CCC(c2nc3cc(Cl)ccc3s2)CC1. The Bertz CT molecular complexity index is 764. The first-order chi connectivity index (χ1) is 12.7. The Balaban J connectivity index is 1.29. The molecule has 2 aliphatic rings. The number of halogens is 1. The van der Waals surface area contributed by atoms with Gasteiger partial charge in [0.05, 0.1) is 21.3 Å². The highest BCUT2D eigenvalue weighted by Crippen LogP contribution is 2.34. The number of benzene rings is 1. The highest BCUT2D eigenvalue weighted by Gasteiger charge is 2.26. The number of rotatable bonds is 4. The Kier molecular flexibility index (Phi) is 5.77. The van der Waals surface area contributed by atoms with E-state index >= 15 is 0 Å². The summed E-state index contributed by atoms with van der Waals surface area (Å²) in [5.74, 6) is 0.583. The number of nitrogens with zero attached hydrogens (tertiary/aromatic N) is 2. The molecule has 1 amide bonds. The molecule has 0 spiro atoms. The fourth-order valence-corrected chi connectivity index (χ4v) is 5.26. The first kappa shape index (κ1) is 18.2. The fraction of sp³-hybridized carbons (Fsp3) is 0.600. The number of piperidine rings is 1. The van der Waals surface area contributed by atoms with Crippen molar-refractivity contribution in [3.63, 3.8) is 0 Å². The standard InChI is InChI=1S/C20H25ClN2O2S/c21-15-6-7-18-17(12-15)22-20(26-18)14-8-10-23(11-9-14)19(24)13-25-16-4-2-1-3-5-16/h6-7,12,14,16H,1-5,8-11,13H2. The monoisotopic (exact) mass is 392 g/mol. The largest absolute Gasteiger partial charge is 0.368 e. The third-order valence-corrected chi connectivity index (χ3v) is 6.99. The zero-order valence-corrected chi connectivity index (χ0v) is 16.5. The van der Waals surface area contributed by atoms with Crippen LogP contribution in [0.4, 0.5) is 0 Å². The molecule has 0 N–H and O–H groups in total. The minimum absolute atomic E-state index is 0.144. The van der Waals surface area contributed by atoms with Gasteiger partial charge in [-0.15, -0.1) is 11.3 Å². The molecular weight excluding hydrogens is 368 g/mol. The zero-order valence-electron chi connectivity index (χ0n) is 15.0. The lowest BCUT2D eigenvalue weighted by Gasteiger charge is -2.31. The van der Waals surface area contributed by atoms with Crippen LogP contribution in [0.1, 0.15) is 55.9 Å². The van der Waals surface area contributed by atoms with Crippen LogP contribution in [-0.4, -0.2) is 41.6 Å². The molecule has 1 saturated carbocycles. The van der Waals surface area contributed by atoms with Crippen molar-refractivity contribution < 1.29 is 9.53 Å². The van der Waals surface area contributed by atoms with E-state index in [0.717, 1.165) is 49.3 Å². The Morgan fingerprint density at radius 2 is 1.96 bits per heavy atom. The summed E-state index contributed by atoms with van der Waals surface area (Å²) >= 11 is 7.82. The van der Waals surface area contributed by atoms with Gasteiger partial charge >= 0.3 is 0 Å². The van der Waals surface area contributed by atoms with Gasteiger partial charge in [0.25, 0.3) is 0 Å². The van der Waals surface area contributed by atoms with E-state index in [1.54, 1.807) is 11.3 Å². The highest BCUT2D eigenvalue weighted by molar-refractivity contribution is 7.18. The first-order valence-corrected chi connectivity index (χ1v) is 10.8. The molecule has 0 bridgehead atoms. The maximum Gasteiger partial charge on any atom is 0.248 e. The van der Waals surface area contributed by atoms with Crippen LogP contribution in [-0.2, 0) is 9.53 Å². The van der Waals surface area contributed by atoms with Crippen LogP contribution < -0.4 is 0 Å². The van der Waals surface area contributed by atoms with Gasteiger partial charge in [0, 0.05) is 24.0 Å².